The first-order valence-electron chi connectivity index (χ1n) is 15.0. The lowest BCUT2D eigenvalue weighted by Gasteiger charge is -2.38. The van der Waals surface area contributed by atoms with E-state index in [-0.39, 0.29) is 17.2 Å². The zero-order chi connectivity index (χ0) is 27.6. The summed E-state index contributed by atoms with van der Waals surface area (Å²) in [4.78, 5) is 15.7. The Hall–Kier alpha value is -2.66. The number of piperidine rings is 1. The van der Waals surface area contributed by atoms with Gasteiger partial charge in [-0.2, -0.15) is 0 Å². The molecule has 0 spiro atoms. The maximum absolute atomic E-state index is 13.8. The summed E-state index contributed by atoms with van der Waals surface area (Å²) < 4.78 is 26.7. The normalized spacial score (nSPS) is 20.1. The van der Waals surface area contributed by atoms with E-state index in [1.165, 1.54) is 42.5 Å². The van der Waals surface area contributed by atoms with Gasteiger partial charge < -0.3 is 14.4 Å². The molecule has 4 nitrogen and oxygen atoms in total. The minimum atomic E-state index is -0.399. The van der Waals surface area contributed by atoms with Crippen molar-refractivity contribution in [3.63, 3.8) is 0 Å². The van der Waals surface area contributed by atoms with Gasteiger partial charge in [-0.15, -0.1) is 0 Å². The first-order chi connectivity index (χ1) is 18.7. The molecule has 3 aliphatic rings. The smallest absolute Gasteiger partial charge is 0.311 e. The highest BCUT2D eigenvalue weighted by molar-refractivity contribution is 5.85. The highest BCUT2D eigenvalue weighted by atomic mass is 19.1. The summed E-state index contributed by atoms with van der Waals surface area (Å²) >= 11 is 0. The van der Waals surface area contributed by atoms with Crippen LogP contribution < -0.4 is 9.47 Å². The third-order valence-electron chi connectivity index (χ3n) is 9.07. The highest BCUT2D eigenvalue weighted by Crippen LogP contribution is 2.53. The molecule has 1 fully saturated rings. The van der Waals surface area contributed by atoms with E-state index in [0.717, 1.165) is 80.6 Å². The summed E-state index contributed by atoms with van der Waals surface area (Å²) in [5.41, 5.74) is 4.84. The zero-order valence-electron chi connectivity index (χ0n) is 24.2. The van der Waals surface area contributed by atoms with Gasteiger partial charge in [-0.3, -0.25) is 4.79 Å². The van der Waals surface area contributed by atoms with Crippen LogP contribution in [0.4, 0.5) is 4.39 Å². The molecule has 1 atom stereocenters. The van der Waals surface area contributed by atoms with Gasteiger partial charge in [0.05, 0.1) is 5.56 Å². The third kappa shape index (κ3) is 5.79. The van der Waals surface area contributed by atoms with Crippen molar-refractivity contribution in [2.24, 2.45) is 0 Å². The van der Waals surface area contributed by atoms with E-state index >= 15 is 0 Å². The Morgan fingerprint density at radius 1 is 1.05 bits per heavy atom. The Bertz CT molecular complexity index is 1230. The summed E-state index contributed by atoms with van der Waals surface area (Å²) in [7, 11) is 0. The van der Waals surface area contributed by atoms with Gasteiger partial charge in [-0.1, -0.05) is 38.8 Å². The molecule has 0 amide bonds. The molecule has 5 heteroatoms. The molecule has 2 aromatic rings. The molecule has 210 valence electrons. The van der Waals surface area contributed by atoms with E-state index in [0.29, 0.717) is 12.2 Å². The van der Waals surface area contributed by atoms with Crippen molar-refractivity contribution < 1.29 is 18.7 Å². The fourth-order valence-electron chi connectivity index (χ4n) is 6.96. The first-order valence-corrected chi connectivity index (χ1v) is 15.0. The average molecular weight is 534 g/mol. The number of benzene rings is 2. The fraction of sp³-hybridized carbons (Fsp3) is 0.559. The molecule has 39 heavy (non-hydrogen) atoms. The topological polar surface area (TPSA) is 38.8 Å². The molecular weight excluding hydrogens is 489 g/mol. The van der Waals surface area contributed by atoms with Crippen LogP contribution in [-0.2, 0) is 10.2 Å². The summed E-state index contributed by atoms with van der Waals surface area (Å²) in [6.45, 7) is 11.9. The number of hydrogen-bond donors (Lipinski definition) is 0. The number of nitrogens with zero attached hydrogens (tertiary/aromatic N) is 1. The average Bonchev–Trinajstić information content (AvgIpc) is 3.40. The van der Waals surface area contributed by atoms with Crippen LogP contribution in [0.2, 0.25) is 0 Å². The second-order valence-corrected chi connectivity index (χ2v) is 12.3. The minimum Gasteiger partial charge on any atom is -0.483 e. The fourth-order valence-corrected chi connectivity index (χ4v) is 6.96. The quantitative estimate of drug-likeness (QED) is 0.240. The lowest BCUT2D eigenvalue weighted by molar-refractivity contribution is -0.134. The third-order valence-corrected chi connectivity index (χ3v) is 9.07. The lowest BCUT2D eigenvalue weighted by atomic mass is 9.72. The van der Waals surface area contributed by atoms with Crippen molar-refractivity contribution in [1.29, 1.82) is 0 Å². The van der Waals surface area contributed by atoms with Gasteiger partial charge in [0.1, 0.15) is 22.9 Å². The number of carbonyl (C=O) groups is 1. The second kappa shape index (κ2) is 11.4. The van der Waals surface area contributed by atoms with Crippen molar-refractivity contribution in [1.82, 2.24) is 4.90 Å². The van der Waals surface area contributed by atoms with Crippen LogP contribution in [0.25, 0.3) is 5.57 Å². The highest BCUT2D eigenvalue weighted by Gasteiger charge is 2.40. The van der Waals surface area contributed by atoms with Gasteiger partial charge in [0.15, 0.2) is 0 Å². The van der Waals surface area contributed by atoms with Crippen LogP contribution in [0.1, 0.15) is 109 Å². The largest absolute Gasteiger partial charge is 0.483 e. The Balaban J connectivity index is 1.50. The molecule has 1 aliphatic carbocycles. The van der Waals surface area contributed by atoms with Crippen molar-refractivity contribution in [2.75, 3.05) is 19.6 Å². The van der Waals surface area contributed by atoms with Crippen LogP contribution >= 0.6 is 0 Å². The first kappa shape index (κ1) is 27.9. The number of halogens is 1. The number of esters is 1. The standard InChI is InChI=1S/C34H44FNO3/c1-5-18-34(4,24-14-16-26(35)17-15-24)25-22-29(38-31(37)13-10-21-36-19-7-6-8-20-36)32-27-11-9-12-28(27)33(2,3)39-30(32)23-25/h14-17,22-23H,5-13,18-21H2,1-4H3. The van der Waals surface area contributed by atoms with Crippen LogP contribution in [0.5, 0.6) is 11.5 Å². The molecule has 1 unspecified atom stereocenters. The second-order valence-electron chi connectivity index (χ2n) is 12.3. The summed E-state index contributed by atoms with van der Waals surface area (Å²) in [6.07, 6.45) is 9.92. The van der Waals surface area contributed by atoms with Crippen molar-refractivity contribution >= 4 is 11.5 Å². The van der Waals surface area contributed by atoms with Crippen LogP contribution in [0.3, 0.4) is 0 Å². The molecule has 0 aromatic heterocycles. The lowest BCUT2D eigenvalue weighted by Crippen LogP contribution is -2.34. The molecule has 0 bridgehead atoms. The molecule has 2 aliphatic heterocycles. The monoisotopic (exact) mass is 533 g/mol. The van der Waals surface area contributed by atoms with E-state index in [1.54, 1.807) is 0 Å². The maximum Gasteiger partial charge on any atom is 0.311 e. The van der Waals surface area contributed by atoms with Gasteiger partial charge in [0.25, 0.3) is 0 Å². The van der Waals surface area contributed by atoms with E-state index in [4.69, 9.17) is 9.47 Å². The van der Waals surface area contributed by atoms with E-state index in [2.05, 4.69) is 44.7 Å². The Morgan fingerprint density at radius 2 is 1.79 bits per heavy atom. The van der Waals surface area contributed by atoms with E-state index in [1.807, 2.05) is 12.1 Å². The molecular formula is C34H44FNO3. The Labute approximate surface area is 233 Å². The van der Waals surface area contributed by atoms with Gasteiger partial charge in [-0.05, 0) is 125 Å². The van der Waals surface area contributed by atoms with Crippen LogP contribution in [-0.4, -0.2) is 36.1 Å². The van der Waals surface area contributed by atoms with Crippen LogP contribution in [0.15, 0.2) is 42.0 Å². The molecule has 0 N–H and O–H groups in total. The Kier molecular flexibility index (Phi) is 8.19. The maximum atomic E-state index is 13.8. The predicted molar refractivity (Wildman–Crippen MR) is 155 cm³/mol. The molecule has 0 saturated carbocycles. The minimum absolute atomic E-state index is 0.185. The number of ether oxygens (including phenoxy) is 2. The zero-order valence-corrected chi connectivity index (χ0v) is 24.2. The SMILES string of the molecule is CCCC(C)(c1ccc(F)cc1)c1cc(OC(=O)CCCN2CCCCC2)c2c(c1)OC(C)(C)C1=C2CCC1. The number of allylic oxidation sites excluding steroid dienone is 1. The summed E-state index contributed by atoms with van der Waals surface area (Å²) in [5.74, 6) is 0.974. The number of likely N-dealkylation sites (tertiary alicyclic amines) is 1. The van der Waals surface area contributed by atoms with Crippen molar-refractivity contribution in [3.8, 4) is 11.5 Å². The molecule has 2 heterocycles. The van der Waals surface area contributed by atoms with Gasteiger partial charge >= 0.3 is 5.97 Å². The van der Waals surface area contributed by atoms with Crippen molar-refractivity contribution in [3.05, 3.63) is 64.5 Å². The Morgan fingerprint density at radius 3 is 2.51 bits per heavy atom. The number of carbonyl (C=O) groups excluding carboxylic acids is 1. The number of hydrogen-bond acceptors (Lipinski definition) is 4. The van der Waals surface area contributed by atoms with Crippen LogP contribution in [0, 0.1) is 5.82 Å². The molecule has 5 rings (SSSR count). The number of fused-ring (bicyclic) bond motifs is 2. The van der Waals surface area contributed by atoms with Gasteiger partial charge in [0, 0.05) is 11.8 Å². The molecule has 2 aromatic carbocycles. The predicted octanol–water partition coefficient (Wildman–Crippen LogP) is 8.21. The molecule has 0 radical (unpaired) electrons. The van der Waals surface area contributed by atoms with E-state index < -0.39 is 5.60 Å². The van der Waals surface area contributed by atoms with E-state index in [9.17, 15) is 9.18 Å². The van der Waals surface area contributed by atoms with Gasteiger partial charge in [0.2, 0.25) is 0 Å². The summed E-state index contributed by atoms with van der Waals surface area (Å²) in [5, 5.41) is 0. The summed E-state index contributed by atoms with van der Waals surface area (Å²) in [6, 6.07) is 11.0. The number of rotatable bonds is 9. The van der Waals surface area contributed by atoms with Gasteiger partial charge in [-0.25, -0.2) is 4.39 Å². The van der Waals surface area contributed by atoms with Crippen molar-refractivity contribution in [2.45, 2.75) is 103 Å². The molecule has 1 saturated heterocycles.